The Bertz CT molecular complexity index is 537. The van der Waals surface area contributed by atoms with Crippen molar-refractivity contribution in [3.8, 4) is 0 Å². The van der Waals surface area contributed by atoms with Gasteiger partial charge in [0.15, 0.2) is 5.69 Å². The van der Waals surface area contributed by atoms with Crippen molar-refractivity contribution >= 4 is 17.5 Å². The van der Waals surface area contributed by atoms with Gasteiger partial charge in [-0.1, -0.05) is 0 Å². The minimum atomic E-state index is -1.06. The molecule has 3 heterocycles. The Kier molecular flexibility index (Phi) is 3.94. The summed E-state index contributed by atoms with van der Waals surface area (Å²) in [6, 6.07) is 3.52. The predicted molar refractivity (Wildman–Crippen MR) is 78.4 cm³/mol. The van der Waals surface area contributed by atoms with Gasteiger partial charge in [-0.15, -0.1) is 0 Å². The number of hydrogen-bond donors (Lipinski definition) is 3. The van der Waals surface area contributed by atoms with Crippen molar-refractivity contribution in [2.45, 2.75) is 25.0 Å². The predicted octanol–water partition coefficient (Wildman–Crippen LogP) is 0.637. The minimum Gasteiger partial charge on any atom is -0.477 e. The van der Waals surface area contributed by atoms with Crippen LogP contribution in [0.15, 0.2) is 12.1 Å². The highest BCUT2D eigenvalue weighted by molar-refractivity contribution is 5.86. The summed E-state index contributed by atoms with van der Waals surface area (Å²) in [5.74, 6) is -0.658. The number of carboxylic acids is 1. The molecule has 2 unspecified atom stereocenters. The van der Waals surface area contributed by atoms with Gasteiger partial charge in [0.1, 0.15) is 5.82 Å². The fraction of sp³-hybridized carbons (Fsp3) is 0.571. The molecule has 0 saturated carbocycles. The Balaban J connectivity index is 1.60. The lowest BCUT2D eigenvalue weighted by atomic mass is 10.2. The number of carbonyl (C=O) groups is 1. The van der Waals surface area contributed by atoms with Crippen LogP contribution in [-0.4, -0.2) is 59.3 Å². The van der Waals surface area contributed by atoms with Crippen LogP contribution in [0.4, 0.5) is 11.5 Å². The molecule has 1 aromatic heterocycles. The zero-order valence-electron chi connectivity index (χ0n) is 11.8. The Morgan fingerprint density at radius 1 is 1.57 bits per heavy atom. The molecule has 7 heteroatoms. The summed E-state index contributed by atoms with van der Waals surface area (Å²) in [4.78, 5) is 17.4. The van der Waals surface area contributed by atoms with E-state index in [2.05, 4.69) is 15.2 Å². The maximum Gasteiger partial charge on any atom is 0.354 e. The van der Waals surface area contributed by atoms with Crippen LogP contribution in [-0.2, 0) is 4.74 Å². The molecule has 0 aromatic carbocycles. The number of nitrogens with two attached hydrogens (primary N) is 1. The molecular formula is C14H20N4O3. The first-order chi connectivity index (χ1) is 10.1. The third kappa shape index (κ3) is 3.08. The van der Waals surface area contributed by atoms with Crippen molar-refractivity contribution in [2.24, 2.45) is 0 Å². The molecule has 7 nitrogen and oxygen atoms in total. The molecule has 0 aliphatic carbocycles. The van der Waals surface area contributed by atoms with E-state index >= 15 is 0 Å². The van der Waals surface area contributed by atoms with Gasteiger partial charge in [0.25, 0.3) is 0 Å². The summed E-state index contributed by atoms with van der Waals surface area (Å²) in [6.45, 7) is 3.38. The number of nitrogens with zero attached hydrogens (tertiary/aromatic N) is 2. The zero-order valence-corrected chi connectivity index (χ0v) is 11.8. The van der Waals surface area contributed by atoms with E-state index in [0.717, 1.165) is 19.7 Å². The van der Waals surface area contributed by atoms with Crippen LogP contribution < -0.4 is 11.1 Å². The molecule has 114 valence electrons. The van der Waals surface area contributed by atoms with Gasteiger partial charge in [0.05, 0.1) is 18.4 Å². The van der Waals surface area contributed by atoms with Crippen LogP contribution in [0.5, 0.6) is 0 Å². The topological polar surface area (TPSA) is 101 Å². The van der Waals surface area contributed by atoms with E-state index in [-0.39, 0.29) is 11.8 Å². The summed E-state index contributed by atoms with van der Waals surface area (Å²) in [5, 5.41) is 12.1. The molecular weight excluding hydrogens is 272 g/mol. The van der Waals surface area contributed by atoms with Crippen LogP contribution in [0.1, 0.15) is 23.3 Å². The average Bonchev–Trinajstić information content (AvgIpc) is 2.93. The Morgan fingerprint density at radius 3 is 3.24 bits per heavy atom. The summed E-state index contributed by atoms with van der Waals surface area (Å²) in [6.07, 6.45) is 2.53. The van der Waals surface area contributed by atoms with E-state index in [1.54, 1.807) is 6.07 Å². The molecule has 2 atom stereocenters. The molecule has 2 aliphatic rings. The average molecular weight is 292 g/mol. The lowest BCUT2D eigenvalue weighted by molar-refractivity contribution is -0.0415. The monoisotopic (exact) mass is 292 g/mol. The number of hydrogen-bond acceptors (Lipinski definition) is 6. The van der Waals surface area contributed by atoms with Crippen molar-refractivity contribution in [1.82, 2.24) is 9.88 Å². The van der Waals surface area contributed by atoms with Gasteiger partial charge >= 0.3 is 5.97 Å². The Morgan fingerprint density at radius 2 is 2.43 bits per heavy atom. The fourth-order valence-electron chi connectivity index (χ4n) is 2.95. The number of ether oxygens (including phenoxy) is 1. The van der Waals surface area contributed by atoms with Crippen molar-refractivity contribution in [1.29, 1.82) is 0 Å². The highest BCUT2D eigenvalue weighted by atomic mass is 16.5. The number of rotatable bonds is 4. The quantitative estimate of drug-likeness (QED) is 0.748. The number of fused-ring (bicyclic) bond motifs is 1. The standard InChI is InChI=1S/C14H20N4O3/c15-11-3-4-12(14(19)20)17-13(11)16-6-10-7-18-5-1-2-9(18)8-21-10/h3-4,9-10H,1-2,5-8,15H2,(H,16,17)(H,19,20). The van der Waals surface area contributed by atoms with Gasteiger partial charge in [-0.2, -0.15) is 0 Å². The number of nitrogen functional groups attached to an aromatic ring is 1. The maximum atomic E-state index is 10.9. The first-order valence-electron chi connectivity index (χ1n) is 7.23. The number of morpholine rings is 1. The lowest BCUT2D eigenvalue weighted by Crippen LogP contribution is -2.48. The fourth-order valence-corrected chi connectivity index (χ4v) is 2.95. The van der Waals surface area contributed by atoms with Gasteiger partial charge in [-0.3, -0.25) is 4.90 Å². The maximum absolute atomic E-state index is 10.9. The van der Waals surface area contributed by atoms with E-state index < -0.39 is 5.97 Å². The number of aromatic carboxylic acids is 1. The van der Waals surface area contributed by atoms with Gasteiger partial charge < -0.3 is 20.9 Å². The van der Waals surface area contributed by atoms with Crippen LogP contribution >= 0.6 is 0 Å². The molecule has 2 fully saturated rings. The van der Waals surface area contributed by atoms with Crippen LogP contribution in [0.3, 0.4) is 0 Å². The third-order valence-electron chi connectivity index (χ3n) is 4.10. The van der Waals surface area contributed by atoms with Crippen LogP contribution in [0.2, 0.25) is 0 Å². The molecule has 0 amide bonds. The highest BCUT2D eigenvalue weighted by Gasteiger charge is 2.32. The second kappa shape index (κ2) is 5.87. The minimum absolute atomic E-state index is 0.0177. The second-order valence-electron chi connectivity index (χ2n) is 5.57. The van der Waals surface area contributed by atoms with E-state index in [9.17, 15) is 4.79 Å². The zero-order chi connectivity index (χ0) is 14.8. The van der Waals surface area contributed by atoms with E-state index in [0.29, 0.717) is 24.1 Å². The van der Waals surface area contributed by atoms with Gasteiger partial charge in [0.2, 0.25) is 0 Å². The van der Waals surface area contributed by atoms with Crippen LogP contribution in [0.25, 0.3) is 0 Å². The van der Waals surface area contributed by atoms with E-state index in [1.807, 2.05) is 0 Å². The molecule has 2 aliphatic heterocycles. The first-order valence-corrected chi connectivity index (χ1v) is 7.23. The van der Waals surface area contributed by atoms with E-state index in [4.69, 9.17) is 15.6 Å². The smallest absolute Gasteiger partial charge is 0.354 e. The normalized spacial score (nSPS) is 25.5. The van der Waals surface area contributed by atoms with Crippen LogP contribution in [0, 0.1) is 0 Å². The molecule has 21 heavy (non-hydrogen) atoms. The second-order valence-corrected chi connectivity index (χ2v) is 5.57. The summed E-state index contributed by atoms with van der Waals surface area (Å²) < 4.78 is 5.84. The lowest BCUT2D eigenvalue weighted by Gasteiger charge is -2.35. The van der Waals surface area contributed by atoms with Gasteiger partial charge in [-0.05, 0) is 31.5 Å². The summed E-state index contributed by atoms with van der Waals surface area (Å²) in [7, 11) is 0. The number of anilines is 2. The molecule has 2 saturated heterocycles. The molecule has 3 rings (SSSR count). The summed E-state index contributed by atoms with van der Waals surface area (Å²) >= 11 is 0. The molecule has 0 spiro atoms. The van der Waals surface area contributed by atoms with Crippen molar-refractivity contribution in [3.63, 3.8) is 0 Å². The van der Waals surface area contributed by atoms with Crippen molar-refractivity contribution < 1.29 is 14.6 Å². The van der Waals surface area contributed by atoms with Gasteiger partial charge in [0, 0.05) is 19.1 Å². The number of nitrogens with one attached hydrogen (secondary N) is 1. The SMILES string of the molecule is Nc1ccc(C(=O)O)nc1NCC1CN2CCCC2CO1. The molecule has 0 bridgehead atoms. The Labute approximate surface area is 123 Å². The third-order valence-corrected chi connectivity index (χ3v) is 4.10. The summed E-state index contributed by atoms with van der Waals surface area (Å²) in [5.41, 5.74) is 6.24. The molecule has 1 aromatic rings. The largest absolute Gasteiger partial charge is 0.477 e. The molecule has 4 N–H and O–H groups in total. The van der Waals surface area contributed by atoms with Gasteiger partial charge in [-0.25, -0.2) is 9.78 Å². The Hall–Kier alpha value is -1.86. The highest BCUT2D eigenvalue weighted by Crippen LogP contribution is 2.23. The van der Waals surface area contributed by atoms with E-state index in [1.165, 1.54) is 18.9 Å². The number of pyridine rings is 1. The number of carboxylic acid groups (broad SMARTS) is 1. The number of aromatic nitrogens is 1. The molecule has 0 radical (unpaired) electrons. The van der Waals surface area contributed by atoms with Crippen molar-refractivity contribution in [3.05, 3.63) is 17.8 Å². The first kappa shape index (κ1) is 14.1. The van der Waals surface area contributed by atoms with Crippen molar-refractivity contribution in [2.75, 3.05) is 37.3 Å².